The number of carbonyl (C=O) groups is 2. The molecule has 0 aromatic heterocycles. The molecule has 2 aromatic carbocycles. The quantitative estimate of drug-likeness (QED) is 0.747. The highest BCUT2D eigenvalue weighted by Crippen LogP contribution is 2.30. The molecule has 0 fully saturated rings. The molecule has 2 N–H and O–H groups in total. The number of carbonyl (C=O) groups excluding carboxylic acids is 2. The number of anilines is 2. The first-order chi connectivity index (χ1) is 14.3. The molecule has 0 saturated carbocycles. The average molecular weight is 409 g/mol. The Morgan fingerprint density at radius 2 is 1.90 bits per heavy atom. The molecule has 6 nitrogen and oxygen atoms in total. The number of amides is 2. The van der Waals surface area contributed by atoms with Gasteiger partial charge in [0.1, 0.15) is 0 Å². The Hall–Kier alpha value is -2.86. The van der Waals surface area contributed by atoms with E-state index in [1.165, 1.54) is 11.3 Å². The van der Waals surface area contributed by atoms with E-state index >= 15 is 0 Å². The summed E-state index contributed by atoms with van der Waals surface area (Å²) >= 11 is 0. The number of likely N-dealkylation sites (N-methyl/N-ethyl adjacent to an activating group) is 1. The predicted molar refractivity (Wildman–Crippen MR) is 122 cm³/mol. The minimum Gasteiger partial charge on any atom is -0.374 e. The van der Waals surface area contributed by atoms with Crippen molar-refractivity contribution in [1.29, 1.82) is 0 Å². The number of hydrogen-bond donors (Lipinski definition) is 2. The van der Waals surface area contributed by atoms with E-state index < -0.39 is 11.8 Å². The average Bonchev–Trinajstić information content (AvgIpc) is 2.71. The molecular formula is C24H32N4O2. The molecule has 1 atom stereocenters. The third-order valence-corrected chi connectivity index (χ3v) is 5.98. The SMILES string of the molecule is Cc1cccc(NC(=O)C(=O)NC[C@H](c2ccc3c(c2)CCCN3C)N(C)C)c1C. The Morgan fingerprint density at radius 1 is 1.13 bits per heavy atom. The molecule has 0 radical (unpaired) electrons. The van der Waals surface area contributed by atoms with Crippen molar-refractivity contribution in [3.63, 3.8) is 0 Å². The van der Waals surface area contributed by atoms with Gasteiger partial charge in [-0.1, -0.05) is 24.3 Å². The zero-order chi connectivity index (χ0) is 21.8. The van der Waals surface area contributed by atoms with E-state index in [1.807, 2.05) is 40.1 Å². The third-order valence-electron chi connectivity index (χ3n) is 5.98. The number of fused-ring (bicyclic) bond motifs is 1. The van der Waals surface area contributed by atoms with Crippen LogP contribution in [-0.2, 0) is 16.0 Å². The van der Waals surface area contributed by atoms with Gasteiger partial charge in [0.25, 0.3) is 0 Å². The lowest BCUT2D eigenvalue weighted by Crippen LogP contribution is -2.40. The maximum absolute atomic E-state index is 12.4. The van der Waals surface area contributed by atoms with E-state index in [-0.39, 0.29) is 6.04 Å². The first kappa shape index (κ1) is 21.8. The van der Waals surface area contributed by atoms with Gasteiger partial charge in [-0.15, -0.1) is 0 Å². The molecule has 160 valence electrons. The largest absolute Gasteiger partial charge is 0.374 e. The Balaban J connectivity index is 1.66. The fourth-order valence-electron chi connectivity index (χ4n) is 3.95. The Labute approximate surface area is 179 Å². The molecule has 3 rings (SSSR count). The van der Waals surface area contributed by atoms with Crippen molar-refractivity contribution < 1.29 is 9.59 Å². The van der Waals surface area contributed by atoms with Gasteiger partial charge in [-0.2, -0.15) is 0 Å². The number of rotatable bonds is 5. The first-order valence-electron chi connectivity index (χ1n) is 10.4. The van der Waals surface area contributed by atoms with Crippen LogP contribution < -0.4 is 15.5 Å². The van der Waals surface area contributed by atoms with Gasteiger partial charge in [0.05, 0.1) is 6.04 Å². The summed E-state index contributed by atoms with van der Waals surface area (Å²) in [5, 5.41) is 5.52. The normalized spacial score (nSPS) is 14.3. The maximum atomic E-state index is 12.4. The predicted octanol–water partition coefficient (Wildman–Crippen LogP) is 3.04. The van der Waals surface area contributed by atoms with Crippen molar-refractivity contribution in [1.82, 2.24) is 10.2 Å². The summed E-state index contributed by atoms with van der Waals surface area (Å²) in [6, 6.07) is 12.1. The van der Waals surface area contributed by atoms with E-state index in [0.29, 0.717) is 12.2 Å². The summed E-state index contributed by atoms with van der Waals surface area (Å²) in [7, 11) is 6.09. The fourth-order valence-corrected chi connectivity index (χ4v) is 3.95. The molecule has 0 aliphatic carbocycles. The van der Waals surface area contributed by atoms with Crippen molar-refractivity contribution in [3.05, 3.63) is 58.7 Å². The van der Waals surface area contributed by atoms with Gasteiger partial charge in [-0.3, -0.25) is 9.59 Å². The van der Waals surface area contributed by atoms with Crippen LogP contribution in [0.1, 0.15) is 34.7 Å². The van der Waals surface area contributed by atoms with Crippen molar-refractivity contribution in [2.75, 3.05) is 44.4 Å². The van der Waals surface area contributed by atoms with E-state index in [2.05, 4.69) is 45.7 Å². The lowest BCUT2D eigenvalue weighted by molar-refractivity contribution is -0.136. The number of nitrogens with one attached hydrogen (secondary N) is 2. The summed E-state index contributed by atoms with van der Waals surface area (Å²) in [4.78, 5) is 29.2. The third kappa shape index (κ3) is 4.82. The fraction of sp³-hybridized carbons (Fsp3) is 0.417. The lowest BCUT2D eigenvalue weighted by atomic mass is 9.96. The zero-order valence-electron chi connectivity index (χ0n) is 18.6. The zero-order valence-corrected chi connectivity index (χ0v) is 18.6. The van der Waals surface area contributed by atoms with Crippen LogP contribution in [0.15, 0.2) is 36.4 Å². The second kappa shape index (κ2) is 9.30. The van der Waals surface area contributed by atoms with E-state index in [9.17, 15) is 9.59 Å². The summed E-state index contributed by atoms with van der Waals surface area (Å²) in [5.74, 6) is -1.27. The first-order valence-corrected chi connectivity index (χ1v) is 10.4. The molecule has 2 aromatic rings. The molecule has 1 aliphatic heterocycles. The maximum Gasteiger partial charge on any atom is 0.313 e. The second-order valence-electron chi connectivity index (χ2n) is 8.30. The van der Waals surface area contributed by atoms with E-state index in [0.717, 1.165) is 36.1 Å². The topological polar surface area (TPSA) is 64.7 Å². The molecule has 30 heavy (non-hydrogen) atoms. The summed E-state index contributed by atoms with van der Waals surface area (Å²) in [6.07, 6.45) is 2.22. The van der Waals surface area contributed by atoms with Crippen LogP contribution in [0.3, 0.4) is 0 Å². The molecule has 6 heteroatoms. The molecular weight excluding hydrogens is 376 g/mol. The van der Waals surface area contributed by atoms with Crippen LogP contribution >= 0.6 is 0 Å². The van der Waals surface area contributed by atoms with Gasteiger partial charge < -0.3 is 20.4 Å². The van der Waals surface area contributed by atoms with Gasteiger partial charge in [-0.25, -0.2) is 0 Å². The van der Waals surface area contributed by atoms with E-state index in [4.69, 9.17) is 0 Å². The van der Waals surface area contributed by atoms with Crippen LogP contribution in [0, 0.1) is 13.8 Å². The van der Waals surface area contributed by atoms with Gasteiger partial charge in [-0.05, 0) is 75.2 Å². The standard InChI is InChI=1S/C24H32N4O2/c1-16-8-6-10-20(17(16)2)26-24(30)23(29)25-15-22(27(3)4)19-11-12-21-18(14-19)9-7-13-28(21)5/h6,8,10-12,14,22H,7,9,13,15H2,1-5H3,(H,25,29)(H,26,30)/t22-/m1/s1. The molecule has 1 heterocycles. The highest BCUT2D eigenvalue weighted by atomic mass is 16.2. The van der Waals surface area contributed by atoms with Gasteiger partial charge in [0.2, 0.25) is 0 Å². The molecule has 0 spiro atoms. The smallest absolute Gasteiger partial charge is 0.313 e. The van der Waals surface area contributed by atoms with Crippen LogP contribution in [-0.4, -0.2) is 50.9 Å². The van der Waals surface area contributed by atoms with Gasteiger partial charge in [0.15, 0.2) is 0 Å². The lowest BCUT2D eigenvalue weighted by Gasteiger charge is -2.30. The molecule has 2 amide bonds. The summed E-state index contributed by atoms with van der Waals surface area (Å²) in [5.41, 5.74) is 6.46. The second-order valence-corrected chi connectivity index (χ2v) is 8.30. The Kier molecular flexibility index (Phi) is 6.77. The molecule has 1 aliphatic rings. The van der Waals surface area contributed by atoms with Crippen LogP contribution in [0.25, 0.3) is 0 Å². The van der Waals surface area contributed by atoms with Crippen LogP contribution in [0.4, 0.5) is 11.4 Å². The Bertz CT molecular complexity index is 939. The van der Waals surface area contributed by atoms with Gasteiger partial charge in [0, 0.05) is 31.5 Å². The van der Waals surface area contributed by atoms with Crippen LogP contribution in [0.5, 0.6) is 0 Å². The van der Waals surface area contributed by atoms with E-state index in [1.54, 1.807) is 6.07 Å². The minimum absolute atomic E-state index is 0.0139. The summed E-state index contributed by atoms with van der Waals surface area (Å²) in [6.45, 7) is 5.34. The van der Waals surface area contributed by atoms with Crippen molar-refractivity contribution in [2.24, 2.45) is 0 Å². The number of nitrogens with zero attached hydrogens (tertiary/aromatic N) is 2. The van der Waals surface area contributed by atoms with Crippen LogP contribution in [0.2, 0.25) is 0 Å². The Morgan fingerprint density at radius 3 is 2.63 bits per heavy atom. The molecule has 0 saturated heterocycles. The number of hydrogen-bond acceptors (Lipinski definition) is 4. The number of aryl methyl sites for hydroxylation is 2. The highest BCUT2D eigenvalue weighted by Gasteiger charge is 2.21. The van der Waals surface area contributed by atoms with Crippen molar-refractivity contribution >= 4 is 23.2 Å². The van der Waals surface area contributed by atoms with Crippen molar-refractivity contribution in [2.45, 2.75) is 32.7 Å². The molecule has 0 unspecified atom stereocenters. The van der Waals surface area contributed by atoms with Gasteiger partial charge >= 0.3 is 11.8 Å². The summed E-state index contributed by atoms with van der Waals surface area (Å²) < 4.78 is 0. The molecule has 0 bridgehead atoms. The minimum atomic E-state index is -0.645. The van der Waals surface area contributed by atoms with Crippen molar-refractivity contribution in [3.8, 4) is 0 Å². The monoisotopic (exact) mass is 408 g/mol. The highest BCUT2D eigenvalue weighted by molar-refractivity contribution is 6.39. The number of benzene rings is 2.